The Bertz CT molecular complexity index is 412. The van der Waals surface area contributed by atoms with Crippen LogP contribution in [0.4, 0.5) is 0 Å². The number of benzene rings is 1. The zero-order valence-corrected chi connectivity index (χ0v) is 9.75. The summed E-state index contributed by atoms with van der Waals surface area (Å²) in [6.07, 6.45) is 0. The van der Waals surface area contributed by atoms with E-state index in [0.717, 1.165) is 0 Å². The molecule has 0 aliphatic heterocycles. The minimum atomic E-state index is -0.120. The molecule has 0 radical (unpaired) electrons. The number of rotatable bonds is 4. The average Bonchev–Trinajstić information content (AvgIpc) is 2.35. The first-order chi connectivity index (χ1) is 8.04. The lowest BCUT2D eigenvalue weighted by Crippen LogP contribution is -2.27. The summed E-state index contributed by atoms with van der Waals surface area (Å²) in [6, 6.07) is 6.58. The number of ether oxygens (including phenoxy) is 1. The van der Waals surface area contributed by atoms with Gasteiger partial charge in [0, 0.05) is 19.7 Å². The maximum absolute atomic E-state index is 11.3. The van der Waals surface area contributed by atoms with E-state index >= 15 is 0 Å². The van der Waals surface area contributed by atoms with E-state index in [2.05, 4.69) is 5.16 Å². The van der Waals surface area contributed by atoms with Crippen molar-refractivity contribution < 1.29 is 14.7 Å². The Morgan fingerprint density at radius 2 is 2.00 bits per heavy atom. The van der Waals surface area contributed by atoms with Gasteiger partial charge in [-0.15, -0.1) is 0 Å². The molecule has 1 amide bonds. The summed E-state index contributed by atoms with van der Waals surface area (Å²) < 4.78 is 5.26. The standard InChI is InChI=1S/C11H15N3O3/c1-14(2)10(15)7-17-9-5-3-8(4-6-9)11(12)13-16/h3-6,16H,7H2,1-2H3,(H2,12,13). The molecule has 0 spiro atoms. The zero-order valence-electron chi connectivity index (χ0n) is 9.75. The molecule has 1 aromatic rings. The van der Waals surface area contributed by atoms with E-state index < -0.39 is 0 Å². The Balaban J connectivity index is 2.60. The Morgan fingerprint density at radius 1 is 1.41 bits per heavy atom. The molecule has 17 heavy (non-hydrogen) atoms. The third kappa shape index (κ3) is 3.67. The summed E-state index contributed by atoms with van der Waals surface area (Å²) in [4.78, 5) is 12.7. The molecule has 0 aliphatic carbocycles. The topological polar surface area (TPSA) is 88.2 Å². The molecule has 0 aromatic heterocycles. The zero-order chi connectivity index (χ0) is 12.8. The number of hydrogen-bond donors (Lipinski definition) is 2. The van der Waals surface area contributed by atoms with Crippen LogP contribution in [0.15, 0.2) is 29.4 Å². The van der Waals surface area contributed by atoms with Crippen molar-refractivity contribution in [2.45, 2.75) is 0 Å². The molecule has 0 fully saturated rings. The van der Waals surface area contributed by atoms with E-state index in [1.54, 1.807) is 38.4 Å². The normalized spacial score (nSPS) is 11.1. The van der Waals surface area contributed by atoms with Crippen LogP contribution in [0.3, 0.4) is 0 Å². The Hall–Kier alpha value is -2.24. The molecule has 0 unspecified atom stereocenters. The van der Waals surface area contributed by atoms with Crippen LogP contribution in [0.1, 0.15) is 5.56 Å². The van der Waals surface area contributed by atoms with Gasteiger partial charge in [0.1, 0.15) is 5.75 Å². The number of nitrogens with two attached hydrogens (primary N) is 1. The van der Waals surface area contributed by atoms with Gasteiger partial charge in [-0.1, -0.05) is 5.16 Å². The van der Waals surface area contributed by atoms with Gasteiger partial charge in [0.2, 0.25) is 0 Å². The quantitative estimate of drug-likeness (QED) is 0.340. The Labute approximate surface area is 99.3 Å². The Kier molecular flexibility index (Phi) is 4.33. The van der Waals surface area contributed by atoms with Crippen LogP contribution in [0.2, 0.25) is 0 Å². The number of carbonyl (C=O) groups excluding carboxylic acids is 1. The number of nitrogens with zero attached hydrogens (tertiary/aromatic N) is 2. The predicted molar refractivity (Wildman–Crippen MR) is 63.1 cm³/mol. The van der Waals surface area contributed by atoms with Crippen LogP contribution in [-0.2, 0) is 4.79 Å². The highest BCUT2D eigenvalue weighted by Crippen LogP contribution is 2.11. The fourth-order valence-corrected chi connectivity index (χ4v) is 1.05. The van der Waals surface area contributed by atoms with Crippen LogP contribution in [-0.4, -0.2) is 42.6 Å². The summed E-state index contributed by atoms with van der Waals surface area (Å²) in [6.45, 7) is -0.0179. The van der Waals surface area contributed by atoms with Gasteiger partial charge >= 0.3 is 0 Å². The maximum Gasteiger partial charge on any atom is 0.259 e. The van der Waals surface area contributed by atoms with Gasteiger partial charge < -0.3 is 20.6 Å². The van der Waals surface area contributed by atoms with E-state index in [-0.39, 0.29) is 18.3 Å². The number of likely N-dealkylation sites (N-methyl/N-ethyl adjacent to an activating group) is 1. The first kappa shape index (κ1) is 12.8. The fraction of sp³-hybridized carbons (Fsp3) is 0.273. The van der Waals surface area contributed by atoms with Crippen molar-refractivity contribution in [1.29, 1.82) is 0 Å². The van der Waals surface area contributed by atoms with Crippen LogP contribution in [0, 0.1) is 0 Å². The van der Waals surface area contributed by atoms with Crippen LogP contribution in [0.5, 0.6) is 5.75 Å². The lowest BCUT2D eigenvalue weighted by molar-refractivity contribution is -0.130. The van der Waals surface area contributed by atoms with E-state index in [4.69, 9.17) is 15.7 Å². The van der Waals surface area contributed by atoms with E-state index in [1.807, 2.05) is 0 Å². The molecule has 0 heterocycles. The highest BCUT2D eigenvalue weighted by Gasteiger charge is 2.05. The van der Waals surface area contributed by atoms with Crippen molar-refractivity contribution in [2.75, 3.05) is 20.7 Å². The van der Waals surface area contributed by atoms with Crippen LogP contribution in [0.25, 0.3) is 0 Å². The third-order valence-corrected chi connectivity index (χ3v) is 2.12. The molecular weight excluding hydrogens is 222 g/mol. The number of amides is 1. The van der Waals surface area contributed by atoms with Crippen LogP contribution >= 0.6 is 0 Å². The number of carbonyl (C=O) groups is 1. The van der Waals surface area contributed by atoms with Crippen molar-refractivity contribution in [3.05, 3.63) is 29.8 Å². The van der Waals surface area contributed by atoms with Crippen molar-refractivity contribution >= 4 is 11.7 Å². The second kappa shape index (κ2) is 5.74. The molecule has 0 atom stereocenters. The number of hydrogen-bond acceptors (Lipinski definition) is 4. The second-order valence-electron chi connectivity index (χ2n) is 3.59. The van der Waals surface area contributed by atoms with Crippen molar-refractivity contribution in [1.82, 2.24) is 4.90 Å². The average molecular weight is 237 g/mol. The molecule has 6 nitrogen and oxygen atoms in total. The van der Waals surface area contributed by atoms with Gasteiger partial charge in [0.05, 0.1) is 0 Å². The fourth-order valence-electron chi connectivity index (χ4n) is 1.05. The lowest BCUT2D eigenvalue weighted by Gasteiger charge is -2.11. The van der Waals surface area contributed by atoms with Crippen molar-refractivity contribution in [3.8, 4) is 5.75 Å². The Morgan fingerprint density at radius 3 is 2.47 bits per heavy atom. The summed E-state index contributed by atoms with van der Waals surface area (Å²) in [5.74, 6) is 0.459. The van der Waals surface area contributed by atoms with Crippen molar-refractivity contribution in [2.24, 2.45) is 10.9 Å². The van der Waals surface area contributed by atoms with E-state index in [9.17, 15) is 4.79 Å². The predicted octanol–water partition coefficient (Wildman–Crippen LogP) is 0.248. The molecule has 3 N–H and O–H groups in total. The SMILES string of the molecule is CN(C)C(=O)COc1ccc(/C(N)=N/O)cc1. The lowest BCUT2D eigenvalue weighted by atomic mass is 10.2. The van der Waals surface area contributed by atoms with Gasteiger partial charge in [0.25, 0.3) is 5.91 Å². The molecule has 0 saturated heterocycles. The molecule has 0 saturated carbocycles. The van der Waals surface area contributed by atoms with Gasteiger partial charge in [-0.25, -0.2) is 0 Å². The maximum atomic E-state index is 11.3. The molecule has 1 aromatic carbocycles. The minimum absolute atomic E-state index is 0.0179. The van der Waals surface area contributed by atoms with Crippen molar-refractivity contribution in [3.63, 3.8) is 0 Å². The summed E-state index contributed by atoms with van der Waals surface area (Å²) in [7, 11) is 3.32. The largest absolute Gasteiger partial charge is 0.484 e. The smallest absolute Gasteiger partial charge is 0.259 e. The minimum Gasteiger partial charge on any atom is -0.484 e. The first-order valence-corrected chi connectivity index (χ1v) is 4.95. The van der Waals surface area contributed by atoms with Gasteiger partial charge in [-0.2, -0.15) is 0 Å². The first-order valence-electron chi connectivity index (χ1n) is 4.95. The molecule has 1 rings (SSSR count). The third-order valence-electron chi connectivity index (χ3n) is 2.12. The molecular formula is C11H15N3O3. The van der Waals surface area contributed by atoms with E-state index in [1.165, 1.54) is 4.90 Å². The summed E-state index contributed by atoms with van der Waals surface area (Å²) >= 11 is 0. The van der Waals surface area contributed by atoms with Gasteiger partial charge in [-0.3, -0.25) is 4.79 Å². The highest BCUT2D eigenvalue weighted by atomic mass is 16.5. The second-order valence-corrected chi connectivity index (χ2v) is 3.59. The highest BCUT2D eigenvalue weighted by molar-refractivity contribution is 5.97. The molecule has 92 valence electrons. The van der Waals surface area contributed by atoms with Gasteiger partial charge in [-0.05, 0) is 24.3 Å². The summed E-state index contributed by atoms with van der Waals surface area (Å²) in [5.41, 5.74) is 5.99. The molecule has 0 bridgehead atoms. The number of amidine groups is 1. The van der Waals surface area contributed by atoms with Crippen LogP contribution < -0.4 is 10.5 Å². The molecule has 6 heteroatoms. The monoisotopic (exact) mass is 237 g/mol. The summed E-state index contributed by atoms with van der Waals surface area (Å²) in [5, 5.41) is 11.4. The van der Waals surface area contributed by atoms with Gasteiger partial charge in [0.15, 0.2) is 12.4 Å². The van der Waals surface area contributed by atoms with E-state index in [0.29, 0.717) is 11.3 Å². The number of oxime groups is 1. The molecule has 0 aliphatic rings.